The van der Waals surface area contributed by atoms with Crippen LogP contribution in [0, 0.1) is 0 Å². The number of amides is 1. The second-order valence-corrected chi connectivity index (χ2v) is 4.18. The number of benzene rings is 1. The Morgan fingerprint density at radius 2 is 2.30 bits per heavy atom. The molecule has 6 nitrogen and oxygen atoms in total. The molecule has 2 aromatic rings. The van der Waals surface area contributed by atoms with Crippen LogP contribution < -0.4 is 15.8 Å². The first-order valence-electron chi connectivity index (χ1n) is 6.49. The third kappa shape index (κ3) is 3.28. The topological polar surface area (TPSA) is 82.2 Å². The number of nitrogens with one attached hydrogen (secondary N) is 1. The summed E-state index contributed by atoms with van der Waals surface area (Å²) in [6.45, 7) is 3.42. The van der Waals surface area contributed by atoms with Crippen molar-refractivity contribution in [2.45, 2.75) is 13.5 Å². The van der Waals surface area contributed by atoms with Gasteiger partial charge in [0, 0.05) is 18.9 Å². The van der Waals surface area contributed by atoms with Crippen LogP contribution in [0.4, 0.5) is 5.69 Å². The number of aromatic nitrogens is 2. The van der Waals surface area contributed by atoms with E-state index in [1.807, 2.05) is 19.2 Å². The predicted molar refractivity (Wildman–Crippen MR) is 76.6 cm³/mol. The fraction of sp³-hybridized carbons (Fsp3) is 0.286. The van der Waals surface area contributed by atoms with Crippen LogP contribution >= 0.6 is 0 Å². The van der Waals surface area contributed by atoms with Gasteiger partial charge >= 0.3 is 0 Å². The molecule has 0 aliphatic rings. The number of hydrogen-bond donors (Lipinski definition) is 2. The zero-order valence-corrected chi connectivity index (χ0v) is 11.4. The number of carbonyl (C=O) groups excluding carboxylic acids is 1. The van der Waals surface area contributed by atoms with E-state index in [2.05, 4.69) is 10.4 Å². The van der Waals surface area contributed by atoms with E-state index in [4.69, 9.17) is 10.5 Å². The van der Waals surface area contributed by atoms with Crippen LogP contribution in [-0.2, 0) is 6.54 Å². The average molecular weight is 274 g/mol. The molecule has 0 aliphatic carbocycles. The molecule has 0 saturated heterocycles. The van der Waals surface area contributed by atoms with E-state index in [9.17, 15) is 4.79 Å². The Balaban J connectivity index is 1.99. The Morgan fingerprint density at radius 3 is 3.00 bits per heavy atom. The summed E-state index contributed by atoms with van der Waals surface area (Å²) in [4.78, 5) is 12.1. The summed E-state index contributed by atoms with van der Waals surface area (Å²) in [5, 5.41) is 6.90. The summed E-state index contributed by atoms with van der Waals surface area (Å²) < 4.78 is 7.19. The number of hydrogen-bond acceptors (Lipinski definition) is 4. The van der Waals surface area contributed by atoms with Crippen LogP contribution in [0.5, 0.6) is 5.75 Å². The maximum Gasteiger partial charge on any atom is 0.255 e. The molecule has 106 valence electrons. The van der Waals surface area contributed by atoms with Crippen molar-refractivity contribution >= 4 is 11.6 Å². The van der Waals surface area contributed by atoms with Crippen molar-refractivity contribution in [3.05, 3.63) is 42.2 Å². The SMILES string of the molecule is CCOc1c(N)cccc1C(=O)NCCn1cccn1. The van der Waals surface area contributed by atoms with E-state index >= 15 is 0 Å². The Kier molecular flexibility index (Phi) is 4.60. The first-order valence-corrected chi connectivity index (χ1v) is 6.49. The molecule has 0 radical (unpaired) electrons. The zero-order chi connectivity index (χ0) is 14.4. The molecule has 1 amide bonds. The minimum atomic E-state index is -0.201. The molecule has 6 heteroatoms. The van der Waals surface area contributed by atoms with Crippen molar-refractivity contribution < 1.29 is 9.53 Å². The van der Waals surface area contributed by atoms with Gasteiger partial charge in [-0.2, -0.15) is 5.10 Å². The highest BCUT2D eigenvalue weighted by Gasteiger charge is 2.14. The van der Waals surface area contributed by atoms with Crippen LogP contribution in [0.1, 0.15) is 17.3 Å². The molecule has 0 fully saturated rings. The highest BCUT2D eigenvalue weighted by molar-refractivity contribution is 5.98. The highest BCUT2D eigenvalue weighted by Crippen LogP contribution is 2.26. The number of carbonyl (C=O) groups is 1. The van der Waals surface area contributed by atoms with Gasteiger partial charge in [0.2, 0.25) is 0 Å². The quantitative estimate of drug-likeness (QED) is 0.778. The third-order valence-corrected chi connectivity index (χ3v) is 2.76. The minimum Gasteiger partial charge on any atom is -0.491 e. The number of anilines is 1. The molecule has 0 atom stereocenters. The Labute approximate surface area is 117 Å². The normalized spacial score (nSPS) is 10.2. The van der Waals surface area contributed by atoms with Gasteiger partial charge in [0.05, 0.1) is 24.4 Å². The van der Waals surface area contributed by atoms with Crippen molar-refractivity contribution in [3.8, 4) is 5.75 Å². The summed E-state index contributed by atoms with van der Waals surface area (Å²) in [5.74, 6) is 0.236. The molecule has 2 rings (SSSR count). The maximum atomic E-state index is 12.1. The van der Waals surface area contributed by atoms with E-state index in [1.54, 1.807) is 29.1 Å². The molecule has 20 heavy (non-hydrogen) atoms. The fourth-order valence-corrected chi connectivity index (χ4v) is 1.85. The lowest BCUT2D eigenvalue weighted by molar-refractivity contribution is 0.0948. The Morgan fingerprint density at radius 1 is 1.45 bits per heavy atom. The van der Waals surface area contributed by atoms with Gasteiger partial charge in [-0.25, -0.2) is 0 Å². The van der Waals surface area contributed by atoms with E-state index in [0.29, 0.717) is 36.7 Å². The number of ether oxygens (including phenoxy) is 1. The second-order valence-electron chi connectivity index (χ2n) is 4.18. The molecule has 0 saturated carbocycles. The fourth-order valence-electron chi connectivity index (χ4n) is 1.85. The van der Waals surface area contributed by atoms with E-state index < -0.39 is 0 Å². The van der Waals surface area contributed by atoms with Crippen LogP contribution in [0.2, 0.25) is 0 Å². The van der Waals surface area contributed by atoms with Gasteiger partial charge in [0.1, 0.15) is 0 Å². The maximum absolute atomic E-state index is 12.1. The van der Waals surface area contributed by atoms with Gasteiger partial charge in [-0.15, -0.1) is 0 Å². The minimum absolute atomic E-state index is 0.201. The molecule has 0 spiro atoms. The van der Waals surface area contributed by atoms with Crippen LogP contribution in [-0.4, -0.2) is 28.8 Å². The van der Waals surface area contributed by atoms with Crippen LogP contribution in [0.3, 0.4) is 0 Å². The third-order valence-electron chi connectivity index (χ3n) is 2.76. The number of rotatable bonds is 6. The largest absolute Gasteiger partial charge is 0.491 e. The molecular weight excluding hydrogens is 256 g/mol. The average Bonchev–Trinajstić information content (AvgIpc) is 2.94. The molecule has 1 heterocycles. The first-order chi connectivity index (χ1) is 9.72. The van der Waals surface area contributed by atoms with Gasteiger partial charge in [0.15, 0.2) is 5.75 Å². The van der Waals surface area contributed by atoms with Gasteiger partial charge in [-0.1, -0.05) is 6.07 Å². The molecular formula is C14H18N4O2. The van der Waals surface area contributed by atoms with Gasteiger partial charge in [-0.05, 0) is 25.1 Å². The molecule has 0 bridgehead atoms. The van der Waals surface area contributed by atoms with E-state index in [0.717, 1.165) is 0 Å². The van der Waals surface area contributed by atoms with Crippen molar-refractivity contribution in [1.29, 1.82) is 0 Å². The van der Waals surface area contributed by atoms with Crippen molar-refractivity contribution in [1.82, 2.24) is 15.1 Å². The van der Waals surface area contributed by atoms with Crippen LogP contribution in [0.25, 0.3) is 0 Å². The van der Waals surface area contributed by atoms with Gasteiger partial charge < -0.3 is 15.8 Å². The summed E-state index contributed by atoms with van der Waals surface area (Å²) in [5.41, 5.74) is 6.75. The number of nitrogens with zero attached hydrogens (tertiary/aromatic N) is 2. The molecule has 3 N–H and O–H groups in total. The lowest BCUT2D eigenvalue weighted by Crippen LogP contribution is -2.28. The summed E-state index contributed by atoms with van der Waals surface area (Å²) in [7, 11) is 0. The van der Waals surface area contributed by atoms with Crippen molar-refractivity contribution in [3.63, 3.8) is 0 Å². The number of nitrogen functional groups attached to an aromatic ring is 1. The zero-order valence-electron chi connectivity index (χ0n) is 11.4. The Hall–Kier alpha value is -2.50. The van der Waals surface area contributed by atoms with Crippen LogP contribution in [0.15, 0.2) is 36.7 Å². The number of para-hydroxylation sites is 1. The summed E-state index contributed by atoms with van der Waals surface area (Å²) in [6.07, 6.45) is 3.55. The molecule has 1 aromatic heterocycles. The Bertz CT molecular complexity index is 567. The summed E-state index contributed by atoms with van der Waals surface area (Å²) >= 11 is 0. The smallest absolute Gasteiger partial charge is 0.255 e. The van der Waals surface area contributed by atoms with Gasteiger partial charge in [0.25, 0.3) is 5.91 Å². The molecule has 1 aromatic carbocycles. The molecule has 0 unspecified atom stereocenters. The predicted octanol–water partition coefficient (Wildman–Crippen LogP) is 1.29. The van der Waals surface area contributed by atoms with E-state index in [-0.39, 0.29) is 5.91 Å². The molecule has 0 aliphatic heterocycles. The second kappa shape index (κ2) is 6.60. The monoisotopic (exact) mass is 274 g/mol. The van der Waals surface area contributed by atoms with Gasteiger partial charge in [-0.3, -0.25) is 9.48 Å². The highest BCUT2D eigenvalue weighted by atomic mass is 16.5. The number of nitrogens with two attached hydrogens (primary N) is 1. The standard InChI is InChI=1S/C14H18N4O2/c1-2-20-13-11(5-3-6-12(13)15)14(19)16-8-10-18-9-4-7-17-18/h3-7,9H,2,8,10,15H2,1H3,(H,16,19). The van der Waals surface area contributed by atoms with E-state index in [1.165, 1.54) is 0 Å². The lowest BCUT2D eigenvalue weighted by Gasteiger charge is -2.12. The first kappa shape index (κ1) is 13.9. The lowest BCUT2D eigenvalue weighted by atomic mass is 10.1. The van der Waals surface area contributed by atoms with Crippen molar-refractivity contribution in [2.24, 2.45) is 0 Å². The summed E-state index contributed by atoms with van der Waals surface area (Å²) in [6, 6.07) is 6.99. The van der Waals surface area contributed by atoms with Crippen molar-refractivity contribution in [2.75, 3.05) is 18.9 Å².